The molecule has 2 atom stereocenters. The SMILES string of the molecule is COc1ccc([C@H](C)NC2CCSC2)cc1. The van der Waals surface area contributed by atoms with Crippen LogP contribution >= 0.6 is 11.8 Å². The van der Waals surface area contributed by atoms with E-state index in [9.17, 15) is 0 Å². The molecular formula is C13H19NOS. The molecule has 0 aliphatic carbocycles. The van der Waals surface area contributed by atoms with Gasteiger partial charge in [0.15, 0.2) is 0 Å². The Balaban J connectivity index is 1.94. The zero-order chi connectivity index (χ0) is 11.4. The molecule has 16 heavy (non-hydrogen) atoms. The summed E-state index contributed by atoms with van der Waals surface area (Å²) >= 11 is 2.04. The Morgan fingerprint density at radius 2 is 2.12 bits per heavy atom. The van der Waals surface area contributed by atoms with E-state index in [0.29, 0.717) is 12.1 Å². The molecule has 0 bridgehead atoms. The van der Waals surface area contributed by atoms with Gasteiger partial charge >= 0.3 is 0 Å². The van der Waals surface area contributed by atoms with Crippen molar-refractivity contribution in [3.8, 4) is 5.75 Å². The highest BCUT2D eigenvalue weighted by Gasteiger charge is 2.17. The highest BCUT2D eigenvalue weighted by atomic mass is 32.2. The average Bonchev–Trinajstić information content (AvgIpc) is 2.82. The van der Waals surface area contributed by atoms with Gasteiger partial charge in [-0.25, -0.2) is 0 Å². The van der Waals surface area contributed by atoms with Crippen molar-refractivity contribution in [1.29, 1.82) is 0 Å². The number of benzene rings is 1. The summed E-state index contributed by atoms with van der Waals surface area (Å²) in [6.07, 6.45) is 1.30. The summed E-state index contributed by atoms with van der Waals surface area (Å²) in [4.78, 5) is 0. The maximum absolute atomic E-state index is 5.16. The first-order valence-corrected chi connectivity index (χ1v) is 6.93. The van der Waals surface area contributed by atoms with Gasteiger partial charge in [0.05, 0.1) is 7.11 Å². The van der Waals surface area contributed by atoms with Gasteiger partial charge in [0, 0.05) is 17.8 Å². The minimum Gasteiger partial charge on any atom is -0.497 e. The largest absolute Gasteiger partial charge is 0.497 e. The Kier molecular flexibility index (Phi) is 4.13. The molecule has 1 aromatic carbocycles. The van der Waals surface area contributed by atoms with Crippen LogP contribution in [0.3, 0.4) is 0 Å². The summed E-state index contributed by atoms with van der Waals surface area (Å²) in [6, 6.07) is 9.43. The molecule has 2 rings (SSSR count). The lowest BCUT2D eigenvalue weighted by Crippen LogP contribution is -2.31. The highest BCUT2D eigenvalue weighted by Crippen LogP contribution is 2.22. The zero-order valence-electron chi connectivity index (χ0n) is 9.90. The Morgan fingerprint density at radius 3 is 2.69 bits per heavy atom. The molecule has 0 spiro atoms. The van der Waals surface area contributed by atoms with Crippen molar-refractivity contribution in [2.75, 3.05) is 18.6 Å². The third kappa shape index (κ3) is 2.92. The normalized spacial score (nSPS) is 22.0. The van der Waals surface area contributed by atoms with Crippen molar-refractivity contribution in [2.24, 2.45) is 0 Å². The first-order chi connectivity index (χ1) is 7.79. The van der Waals surface area contributed by atoms with E-state index in [1.165, 1.54) is 23.5 Å². The average molecular weight is 237 g/mol. The molecular weight excluding hydrogens is 218 g/mol. The third-order valence-electron chi connectivity index (χ3n) is 3.03. The van der Waals surface area contributed by atoms with Crippen molar-refractivity contribution in [2.45, 2.75) is 25.4 Å². The topological polar surface area (TPSA) is 21.3 Å². The van der Waals surface area contributed by atoms with E-state index >= 15 is 0 Å². The molecule has 0 radical (unpaired) electrons. The quantitative estimate of drug-likeness (QED) is 0.870. The summed E-state index contributed by atoms with van der Waals surface area (Å²) in [5.74, 6) is 3.47. The second-order valence-electron chi connectivity index (χ2n) is 4.22. The zero-order valence-corrected chi connectivity index (χ0v) is 10.7. The van der Waals surface area contributed by atoms with Gasteiger partial charge in [0.25, 0.3) is 0 Å². The Hall–Kier alpha value is -0.670. The number of rotatable bonds is 4. The molecule has 1 heterocycles. The predicted octanol–water partition coefficient (Wildman–Crippen LogP) is 2.85. The summed E-state index contributed by atoms with van der Waals surface area (Å²) < 4.78 is 5.16. The molecule has 1 fully saturated rings. The number of methoxy groups -OCH3 is 1. The molecule has 0 saturated carbocycles. The van der Waals surface area contributed by atoms with Gasteiger partial charge in [-0.3, -0.25) is 0 Å². The van der Waals surface area contributed by atoms with Crippen LogP contribution in [0.15, 0.2) is 24.3 Å². The Labute approximate surface area is 102 Å². The minimum absolute atomic E-state index is 0.426. The summed E-state index contributed by atoms with van der Waals surface area (Å²) in [5.41, 5.74) is 1.33. The summed E-state index contributed by atoms with van der Waals surface area (Å²) in [6.45, 7) is 2.23. The van der Waals surface area contributed by atoms with Crippen LogP contribution in [-0.2, 0) is 0 Å². The van der Waals surface area contributed by atoms with Crippen LogP contribution in [0.25, 0.3) is 0 Å². The van der Waals surface area contributed by atoms with Crippen molar-refractivity contribution < 1.29 is 4.74 Å². The monoisotopic (exact) mass is 237 g/mol. The number of hydrogen-bond acceptors (Lipinski definition) is 3. The lowest BCUT2D eigenvalue weighted by molar-refractivity contribution is 0.414. The number of ether oxygens (including phenoxy) is 1. The van der Waals surface area contributed by atoms with E-state index in [-0.39, 0.29) is 0 Å². The van der Waals surface area contributed by atoms with Crippen LogP contribution in [-0.4, -0.2) is 24.7 Å². The number of nitrogens with one attached hydrogen (secondary N) is 1. The molecule has 0 aromatic heterocycles. The van der Waals surface area contributed by atoms with E-state index in [1.807, 2.05) is 23.9 Å². The van der Waals surface area contributed by atoms with Crippen LogP contribution < -0.4 is 10.1 Å². The fraction of sp³-hybridized carbons (Fsp3) is 0.538. The molecule has 1 aliphatic heterocycles. The molecule has 1 aromatic rings. The van der Waals surface area contributed by atoms with Crippen LogP contribution in [0.1, 0.15) is 24.9 Å². The van der Waals surface area contributed by atoms with E-state index in [1.54, 1.807) is 7.11 Å². The Morgan fingerprint density at radius 1 is 1.38 bits per heavy atom. The maximum atomic E-state index is 5.16. The van der Waals surface area contributed by atoms with Gasteiger partial charge in [-0.1, -0.05) is 12.1 Å². The lowest BCUT2D eigenvalue weighted by atomic mass is 10.1. The van der Waals surface area contributed by atoms with E-state index in [0.717, 1.165) is 5.75 Å². The first kappa shape index (κ1) is 11.8. The van der Waals surface area contributed by atoms with Crippen molar-refractivity contribution in [3.05, 3.63) is 29.8 Å². The van der Waals surface area contributed by atoms with Gasteiger partial charge in [0.1, 0.15) is 5.75 Å². The van der Waals surface area contributed by atoms with Gasteiger partial charge in [-0.2, -0.15) is 11.8 Å². The Bertz CT molecular complexity index is 319. The van der Waals surface area contributed by atoms with E-state index in [2.05, 4.69) is 24.4 Å². The van der Waals surface area contributed by atoms with Crippen molar-refractivity contribution >= 4 is 11.8 Å². The van der Waals surface area contributed by atoms with Crippen LogP contribution in [0, 0.1) is 0 Å². The molecule has 1 N–H and O–H groups in total. The van der Waals surface area contributed by atoms with Gasteiger partial charge in [0.2, 0.25) is 0 Å². The molecule has 1 unspecified atom stereocenters. The molecule has 2 nitrogen and oxygen atoms in total. The summed E-state index contributed by atoms with van der Waals surface area (Å²) in [7, 11) is 1.70. The van der Waals surface area contributed by atoms with E-state index < -0.39 is 0 Å². The second kappa shape index (κ2) is 5.60. The second-order valence-corrected chi connectivity index (χ2v) is 5.37. The third-order valence-corrected chi connectivity index (χ3v) is 4.19. The maximum Gasteiger partial charge on any atom is 0.118 e. The highest BCUT2D eigenvalue weighted by molar-refractivity contribution is 7.99. The molecule has 88 valence electrons. The smallest absolute Gasteiger partial charge is 0.118 e. The van der Waals surface area contributed by atoms with Crippen molar-refractivity contribution in [3.63, 3.8) is 0 Å². The van der Waals surface area contributed by atoms with Crippen molar-refractivity contribution in [1.82, 2.24) is 5.32 Å². The minimum atomic E-state index is 0.426. The number of thioether (sulfide) groups is 1. The van der Waals surface area contributed by atoms with Crippen LogP contribution in [0.4, 0.5) is 0 Å². The van der Waals surface area contributed by atoms with E-state index in [4.69, 9.17) is 4.74 Å². The lowest BCUT2D eigenvalue weighted by Gasteiger charge is -2.19. The van der Waals surface area contributed by atoms with Gasteiger partial charge in [-0.15, -0.1) is 0 Å². The fourth-order valence-corrected chi connectivity index (χ4v) is 3.17. The standard InChI is InChI=1S/C13H19NOS/c1-10(14-12-7-8-16-9-12)11-3-5-13(15-2)6-4-11/h3-6,10,12,14H,7-9H2,1-2H3/t10-,12?/m0/s1. The molecule has 1 aliphatic rings. The first-order valence-electron chi connectivity index (χ1n) is 5.77. The van der Waals surface area contributed by atoms with Crippen LogP contribution in [0.5, 0.6) is 5.75 Å². The summed E-state index contributed by atoms with van der Waals surface area (Å²) in [5, 5.41) is 3.67. The van der Waals surface area contributed by atoms with Crippen LogP contribution in [0.2, 0.25) is 0 Å². The van der Waals surface area contributed by atoms with Gasteiger partial charge < -0.3 is 10.1 Å². The molecule has 3 heteroatoms. The molecule has 1 saturated heterocycles. The predicted molar refractivity (Wildman–Crippen MR) is 70.3 cm³/mol. The number of hydrogen-bond donors (Lipinski definition) is 1. The fourth-order valence-electron chi connectivity index (χ4n) is 2.01. The van der Waals surface area contributed by atoms with Gasteiger partial charge in [-0.05, 0) is 36.8 Å². The molecule has 0 amide bonds.